The lowest BCUT2D eigenvalue weighted by Gasteiger charge is -2.06. The molecule has 0 saturated heterocycles. The summed E-state index contributed by atoms with van der Waals surface area (Å²) in [4.78, 5) is 0. The molecule has 1 aromatic carbocycles. The number of hydrogen-bond donors (Lipinski definition) is 1. The van der Waals surface area contributed by atoms with Crippen molar-refractivity contribution in [1.29, 1.82) is 0 Å². The summed E-state index contributed by atoms with van der Waals surface area (Å²) >= 11 is 0. The highest BCUT2D eigenvalue weighted by atomic mass is 16.5. The third-order valence-electron chi connectivity index (χ3n) is 3.23. The Morgan fingerprint density at radius 3 is 2.53 bits per heavy atom. The van der Waals surface area contributed by atoms with Gasteiger partial charge in [0.15, 0.2) is 0 Å². The van der Waals surface area contributed by atoms with Crippen LogP contribution >= 0.6 is 0 Å². The van der Waals surface area contributed by atoms with Crippen LogP contribution in [-0.4, -0.2) is 26.3 Å². The van der Waals surface area contributed by atoms with E-state index in [4.69, 9.17) is 4.74 Å². The van der Waals surface area contributed by atoms with Crippen molar-refractivity contribution in [2.45, 2.75) is 45.4 Å². The van der Waals surface area contributed by atoms with Crippen molar-refractivity contribution >= 4 is 0 Å². The fourth-order valence-corrected chi connectivity index (χ4v) is 2.07. The molecule has 0 heterocycles. The van der Waals surface area contributed by atoms with Crippen LogP contribution in [0.2, 0.25) is 0 Å². The van der Waals surface area contributed by atoms with Gasteiger partial charge in [-0.1, -0.05) is 56.5 Å². The van der Waals surface area contributed by atoms with E-state index in [-0.39, 0.29) is 0 Å². The highest BCUT2D eigenvalue weighted by Gasteiger charge is 1.93. The molecule has 1 N–H and O–H groups in total. The van der Waals surface area contributed by atoms with E-state index < -0.39 is 0 Å². The van der Waals surface area contributed by atoms with E-state index in [0.29, 0.717) is 0 Å². The molecule has 0 aliphatic rings. The topological polar surface area (TPSA) is 21.3 Å². The van der Waals surface area contributed by atoms with Crippen LogP contribution in [0, 0.1) is 0 Å². The summed E-state index contributed by atoms with van der Waals surface area (Å²) in [6, 6.07) is 10.6. The van der Waals surface area contributed by atoms with Crippen LogP contribution < -0.4 is 5.32 Å². The van der Waals surface area contributed by atoms with Gasteiger partial charge in [-0.15, -0.1) is 0 Å². The van der Waals surface area contributed by atoms with Crippen molar-refractivity contribution in [3.8, 4) is 0 Å². The van der Waals surface area contributed by atoms with Crippen LogP contribution in [0.1, 0.15) is 44.6 Å². The number of ether oxygens (including phenoxy) is 1. The summed E-state index contributed by atoms with van der Waals surface area (Å²) in [5.41, 5.74) is 1.40. The molecule has 19 heavy (non-hydrogen) atoms. The van der Waals surface area contributed by atoms with Crippen LogP contribution in [0.3, 0.4) is 0 Å². The third kappa shape index (κ3) is 9.69. The van der Waals surface area contributed by atoms with Crippen molar-refractivity contribution in [3.05, 3.63) is 35.9 Å². The Morgan fingerprint density at radius 2 is 1.74 bits per heavy atom. The molecule has 0 aliphatic heterocycles. The molecule has 0 atom stereocenters. The first-order chi connectivity index (χ1) is 9.43. The van der Waals surface area contributed by atoms with E-state index in [1.54, 1.807) is 0 Å². The van der Waals surface area contributed by atoms with Crippen LogP contribution in [-0.2, 0) is 11.2 Å². The van der Waals surface area contributed by atoms with Crippen LogP contribution in [0.25, 0.3) is 0 Å². The predicted octanol–water partition coefficient (Wildman–Crippen LogP) is 3.81. The second-order valence-corrected chi connectivity index (χ2v) is 5.01. The number of hydrogen-bond acceptors (Lipinski definition) is 2. The van der Waals surface area contributed by atoms with Gasteiger partial charge in [0.1, 0.15) is 0 Å². The fourth-order valence-electron chi connectivity index (χ4n) is 2.07. The van der Waals surface area contributed by atoms with E-state index in [0.717, 1.165) is 39.1 Å². The summed E-state index contributed by atoms with van der Waals surface area (Å²) < 4.78 is 5.62. The van der Waals surface area contributed by atoms with Gasteiger partial charge in [0, 0.05) is 13.2 Å². The van der Waals surface area contributed by atoms with Crippen molar-refractivity contribution in [3.63, 3.8) is 0 Å². The van der Waals surface area contributed by atoms with Crippen molar-refractivity contribution in [2.24, 2.45) is 0 Å². The molecule has 108 valence electrons. The lowest BCUT2D eigenvalue weighted by Crippen LogP contribution is -2.21. The molecular formula is C17H29NO. The number of nitrogens with one attached hydrogen (secondary N) is 1. The molecule has 0 saturated carbocycles. The zero-order valence-corrected chi connectivity index (χ0v) is 12.4. The number of benzene rings is 1. The van der Waals surface area contributed by atoms with Gasteiger partial charge in [-0.25, -0.2) is 0 Å². The fraction of sp³-hybridized carbons (Fsp3) is 0.647. The number of unbranched alkanes of at least 4 members (excludes halogenated alkanes) is 3. The van der Waals surface area contributed by atoms with E-state index >= 15 is 0 Å². The van der Waals surface area contributed by atoms with Crippen LogP contribution in [0.5, 0.6) is 0 Å². The highest BCUT2D eigenvalue weighted by molar-refractivity contribution is 5.14. The highest BCUT2D eigenvalue weighted by Crippen LogP contribution is 2.02. The molecule has 1 aromatic rings. The molecule has 2 heteroatoms. The second kappa shape index (κ2) is 12.2. The Kier molecular flexibility index (Phi) is 10.4. The van der Waals surface area contributed by atoms with Crippen molar-refractivity contribution in [2.75, 3.05) is 26.3 Å². The minimum atomic E-state index is 0.836. The Bertz CT molecular complexity index is 287. The molecule has 0 amide bonds. The average Bonchev–Trinajstić information content (AvgIpc) is 2.46. The number of aryl methyl sites for hydroxylation is 1. The van der Waals surface area contributed by atoms with E-state index in [1.165, 1.54) is 31.2 Å². The van der Waals surface area contributed by atoms with Gasteiger partial charge < -0.3 is 10.1 Å². The molecule has 0 aromatic heterocycles. The maximum absolute atomic E-state index is 5.62. The first kappa shape index (κ1) is 16.2. The molecule has 1 rings (SSSR count). The first-order valence-electron chi connectivity index (χ1n) is 7.76. The molecule has 0 fully saturated rings. The Hall–Kier alpha value is -0.860. The molecule has 0 radical (unpaired) electrons. The van der Waals surface area contributed by atoms with E-state index in [9.17, 15) is 0 Å². The smallest absolute Gasteiger partial charge is 0.0590 e. The third-order valence-corrected chi connectivity index (χ3v) is 3.23. The van der Waals surface area contributed by atoms with Crippen LogP contribution in [0.15, 0.2) is 30.3 Å². The zero-order valence-electron chi connectivity index (χ0n) is 12.4. The summed E-state index contributed by atoms with van der Waals surface area (Å²) in [5.74, 6) is 0. The SMILES string of the molecule is CCCCCCNCCOCCCc1ccccc1. The average molecular weight is 263 g/mol. The summed E-state index contributed by atoms with van der Waals surface area (Å²) in [6.45, 7) is 6.07. The largest absolute Gasteiger partial charge is 0.380 e. The van der Waals surface area contributed by atoms with Gasteiger partial charge >= 0.3 is 0 Å². The van der Waals surface area contributed by atoms with Gasteiger partial charge in [-0.3, -0.25) is 0 Å². The zero-order chi connectivity index (χ0) is 13.6. The van der Waals surface area contributed by atoms with Crippen molar-refractivity contribution in [1.82, 2.24) is 5.32 Å². The Morgan fingerprint density at radius 1 is 0.895 bits per heavy atom. The molecule has 0 aliphatic carbocycles. The molecule has 0 bridgehead atoms. The normalized spacial score (nSPS) is 10.8. The maximum Gasteiger partial charge on any atom is 0.0590 e. The summed E-state index contributed by atoms with van der Waals surface area (Å²) in [5, 5.41) is 3.43. The number of rotatable bonds is 12. The predicted molar refractivity (Wildman–Crippen MR) is 82.6 cm³/mol. The van der Waals surface area contributed by atoms with Crippen LogP contribution in [0.4, 0.5) is 0 Å². The van der Waals surface area contributed by atoms with Gasteiger partial charge in [0.05, 0.1) is 6.61 Å². The second-order valence-electron chi connectivity index (χ2n) is 5.01. The minimum absolute atomic E-state index is 0.836. The molecule has 0 unspecified atom stereocenters. The van der Waals surface area contributed by atoms with Crippen molar-refractivity contribution < 1.29 is 4.74 Å². The summed E-state index contributed by atoms with van der Waals surface area (Å²) in [7, 11) is 0. The molecular weight excluding hydrogens is 234 g/mol. The Balaban J connectivity index is 1.79. The van der Waals surface area contributed by atoms with E-state index in [2.05, 4.69) is 42.6 Å². The lowest BCUT2D eigenvalue weighted by molar-refractivity contribution is 0.133. The standard InChI is InChI=1S/C17H29NO/c1-2-3-4-8-13-18-14-16-19-15-9-12-17-10-6-5-7-11-17/h5-7,10-11,18H,2-4,8-9,12-16H2,1H3. The summed E-state index contributed by atoms with van der Waals surface area (Å²) in [6.07, 6.45) is 7.54. The first-order valence-corrected chi connectivity index (χ1v) is 7.76. The van der Waals surface area contributed by atoms with E-state index in [1.807, 2.05) is 0 Å². The monoisotopic (exact) mass is 263 g/mol. The Labute approximate surface area is 118 Å². The molecule has 2 nitrogen and oxygen atoms in total. The van der Waals surface area contributed by atoms with Gasteiger partial charge in [0.2, 0.25) is 0 Å². The van der Waals surface area contributed by atoms with Gasteiger partial charge in [-0.2, -0.15) is 0 Å². The quantitative estimate of drug-likeness (QED) is 0.579. The van der Waals surface area contributed by atoms with Gasteiger partial charge in [-0.05, 0) is 31.4 Å². The lowest BCUT2D eigenvalue weighted by atomic mass is 10.1. The minimum Gasteiger partial charge on any atom is -0.380 e. The molecule has 0 spiro atoms. The maximum atomic E-state index is 5.62. The van der Waals surface area contributed by atoms with Gasteiger partial charge in [0.25, 0.3) is 0 Å².